The summed E-state index contributed by atoms with van der Waals surface area (Å²) in [5, 5.41) is -0.477. The van der Waals surface area contributed by atoms with Gasteiger partial charge in [0.2, 0.25) is 5.24 Å². The molecule has 0 spiro atoms. The van der Waals surface area contributed by atoms with Crippen LogP contribution in [-0.4, -0.2) is 11.2 Å². The standard InChI is InChI=1S/C18H25ClO3/c1-2-3-4-5-9-12-16(13-17(19)20)18(21)22-14-15-10-7-6-8-11-15/h6-8,10-11,16H,2-5,9,12-14H2,1H3/t16-/m1/s1. The Labute approximate surface area is 138 Å². The Morgan fingerprint density at radius 2 is 1.77 bits per heavy atom. The van der Waals surface area contributed by atoms with Crippen LogP contribution in [0.3, 0.4) is 0 Å². The van der Waals surface area contributed by atoms with Crippen molar-refractivity contribution in [2.24, 2.45) is 5.92 Å². The molecule has 0 unspecified atom stereocenters. The van der Waals surface area contributed by atoms with E-state index in [1.807, 2.05) is 30.3 Å². The summed E-state index contributed by atoms with van der Waals surface area (Å²) >= 11 is 5.45. The van der Waals surface area contributed by atoms with Crippen LogP contribution in [-0.2, 0) is 20.9 Å². The lowest BCUT2D eigenvalue weighted by molar-refractivity contribution is -0.151. The quantitative estimate of drug-likeness (QED) is 0.331. The van der Waals surface area contributed by atoms with Crippen molar-refractivity contribution in [1.29, 1.82) is 0 Å². The second-order valence-corrected chi connectivity index (χ2v) is 5.97. The van der Waals surface area contributed by atoms with Crippen LogP contribution in [0.4, 0.5) is 0 Å². The van der Waals surface area contributed by atoms with E-state index in [0.717, 1.165) is 24.8 Å². The SMILES string of the molecule is CCCCCCC[C@H](CC(=O)Cl)C(=O)OCc1ccccc1. The van der Waals surface area contributed by atoms with Gasteiger partial charge in [-0.05, 0) is 23.6 Å². The van der Waals surface area contributed by atoms with Crippen molar-refractivity contribution in [3.8, 4) is 0 Å². The Kier molecular flexibility index (Phi) is 9.56. The average Bonchev–Trinajstić information content (AvgIpc) is 2.52. The number of benzene rings is 1. The molecule has 1 aromatic carbocycles. The Morgan fingerprint density at radius 1 is 1.09 bits per heavy atom. The third kappa shape index (κ3) is 8.18. The Bertz CT molecular complexity index is 445. The van der Waals surface area contributed by atoms with Gasteiger partial charge >= 0.3 is 5.97 Å². The molecule has 0 N–H and O–H groups in total. The summed E-state index contributed by atoms with van der Waals surface area (Å²) < 4.78 is 5.32. The van der Waals surface area contributed by atoms with Crippen molar-refractivity contribution in [1.82, 2.24) is 0 Å². The molecule has 0 aliphatic heterocycles. The van der Waals surface area contributed by atoms with E-state index >= 15 is 0 Å². The fourth-order valence-corrected chi connectivity index (χ4v) is 2.52. The van der Waals surface area contributed by atoms with Crippen molar-refractivity contribution in [3.63, 3.8) is 0 Å². The summed E-state index contributed by atoms with van der Waals surface area (Å²) in [6.07, 6.45) is 6.28. The summed E-state index contributed by atoms with van der Waals surface area (Å²) in [5.74, 6) is -0.747. The van der Waals surface area contributed by atoms with E-state index < -0.39 is 11.2 Å². The zero-order valence-corrected chi connectivity index (χ0v) is 14.0. The van der Waals surface area contributed by atoms with Gasteiger partial charge in [0.05, 0.1) is 5.92 Å². The zero-order valence-electron chi connectivity index (χ0n) is 13.2. The Balaban J connectivity index is 2.40. The van der Waals surface area contributed by atoms with Gasteiger partial charge in [-0.15, -0.1) is 0 Å². The fraction of sp³-hybridized carbons (Fsp3) is 0.556. The molecule has 0 radical (unpaired) electrons. The minimum Gasteiger partial charge on any atom is -0.461 e. The van der Waals surface area contributed by atoms with E-state index in [4.69, 9.17) is 16.3 Å². The van der Waals surface area contributed by atoms with Gasteiger partial charge in [-0.25, -0.2) is 0 Å². The third-order valence-corrected chi connectivity index (χ3v) is 3.77. The highest BCUT2D eigenvalue weighted by Gasteiger charge is 2.22. The Morgan fingerprint density at radius 3 is 2.41 bits per heavy atom. The van der Waals surface area contributed by atoms with Crippen molar-refractivity contribution in [2.45, 2.75) is 58.5 Å². The number of esters is 1. The number of hydrogen-bond donors (Lipinski definition) is 0. The minimum atomic E-state index is -0.477. The number of carbonyl (C=O) groups is 2. The molecule has 0 aliphatic carbocycles. The average molecular weight is 325 g/mol. The van der Waals surface area contributed by atoms with Crippen LogP contribution in [0.5, 0.6) is 0 Å². The lowest BCUT2D eigenvalue weighted by Gasteiger charge is -2.14. The molecule has 1 aromatic rings. The van der Waals surface area contributed by atoms with Crippen LogP contribution in [0.2, 0.25) is 0 Å². The van der Waals surface area contributed by atoms with Gasteiger partial charge in [-0.1, -0.05) is 69.4 Å². The maximum Gasteiger partial charge on any atom is 0.309 e. The van der Waals surface area contributed by atoms with E-state index in [0.29, 0.717) is 6.42 Å². The molecule has 0 aromatic heterocycles. The maximum atomic E-state index is 12.1. The van der Waals surface area contributed by atoms with Crippen LogP contribution >= 0.6 is 11.6 Å². The van der Waals surface area contributed by atoms with E-state index in [9.17, 15) is 9.59 Å². The van der Waals surface area contributed by atoms with E-state index in [1.165, 1.54) is 12.8 Å². The van der Waals surface area contributed by atoms with Crippen LogP contribution in [0.1, 0.15) is 57.4 Å². The first-order chi connectivity index (χ1) is 10.6. The molecule has 22 heavy (non-hydrogen) atoms. The molecular weight excluding hydrogens is 300 g/mol. The first-order valence-electron chi connectivity index (χ1n) is 8.02. The summed E-state index contributed by atoms with van der Waals surface area (Å²) in [6, 6.07) is 9.52. The normalized spacial score (nSPS) is 11.9. The monoisotopic (exact) mass is 324 g/mol. The van der Waals surface area contributed by atoms with Crippen LogP contribution < -0.4 is 0 Å². The predicted molar refractivity (Wildman–Crippen MR) is 88.6 cm³/mol. The lowest BCUT2D eigenvalue weighted by atomic mass is 9.98. The van der Waals surface area contributed by atoms with Gasteiger partial charge in [0.25, 0.3) is 0 Å². The highest BCUT2D eigenvalue weighted by molar-refractivity contribution is 6.63. The number of hydrogen-bond acceptors (Lipinski definition) is 3. The summed E-state index contributed by atoms with van der Waals surface area (Å²) in [5.41, 5.74) is 0.940. The first kappa shape index (κ1) is 18.7. The second kappa shape index (κ2) is 11.2. The van der Waals surface area contributed by atoms with Gasteiger partial charge in [0.15, 0.2) is 0 Å². The summed E-state index contributed by atoms with van der Waals surface area (Å²) in [6.45, 7) is 2.40. The van der Waals surface area contributed by atoms with E-state index in [1.54, 1.807) is 0 Å². The van der Waals surface area contributed by atoms with E-state index in [-0.39, 0.29) is 19.0 Å². The molecular formula is C18H25ClO3. The third-order valence-electron chi connectivity index (χ3n) is 3.62. The smallest absolute Gasteiger partial charge is 0.309 e. The molecule has 0 aliphatic rings. The fourth-order valence-electron chi connectivity index (χ4n) is 2.34. The lowest BCUT2D eigenvalue weighted by Crippen LogP contribution is -2.19. The molecule has 0 heterocycles. The van der Waals surface area contributed by atoms with E-state index in [2.05, 4.69) is 6.92 Å². The van der Waals surface area contributed by atoms with Crippen LogP contribution in [0, 0.1) is 5.92 Å². The van der Waals surface area contributed by atoms with Crippen molar-refractivity contribution < 1.29 is 14.3 Å². The van der Waals surface area contributed by atoms with Crippen molar-refractivity contribution in [3.05, 3.63) is 35.9 Å². The number of unbranched alkanes of at least 4 members (excludes halogenated alkanes) is 4. The first-order valence-corrected chi connectivity index (χ1v) is 8.40. The number of carbonyl (C=O) groups excluding carboxylic acids is 2. The summed E-state index contributed by atoms with van der Waals surface area (Å²) in [4.78, 5) is 23.3. The topological polar surface area (TPSA) is 43.4 Å². The van der Waals surface area contributed by atoms with Gasteiger partial charge in [-0.3, -0.25) is 9.59 Å². The molecule has 4 heteroatoms. The van der Waals surface area contributed by atoms with Gasteiger partial charge in [-0.2, -0.15) is 0 Å². The molecule has 0 saturated heterocycles. The summed E-state index contributed by atoms with van der Waals surface area (Å²) in [7, 11) is 0. The molecule has 0 fully saturated rings. The molecule has 0 amide bonds. The number of ether oxygens (including phenoxy) is 1. The highest BCUT2D eigenvalue weighted by Crippen LogP contribution is 2.19. The van der Waals surface area contributed by atoms with Crippen LogP contribution in [0.15, 0.2) is 30.3 Å². The predicted octanol–water partition coefficient (Wildman–Crippen LogP) is 4.86. The van der Waals surface area contributed by atoms with Gasteiger partial charge < -0.3 is 4.74 Å². The van der Waals surface area contributed by atoms with Crippen molar-refractivity contribution in [2.75, 3.05) is 0 Å². The molecule has 1 rings (SSSR count). The zero-order chi connectivity index (χ0) is 16.2. The molecule has 3 nitrogen and oxygen atoms in total. The number of rotatable bonds is 11. The largest absolute Gasteiger partial charge is 0.461 e. The molecule has 1 atom stereocenters. The molecule has 0 bridgehead atoms. The highest BCUT2D eigenvalue weighted by atomic mass is 35.5. The second-order valence-electron chi connectivity index (χ2n) is 5.55. The Hall–Kier alpha value is -1.35. The van der Waals surface area contributed by atoms with Crippen LogP contribution in [0.25, 0.3) is 0 Å². The number of halogens is 1. The van der Waals surface area contributed by atoms with Crippen molar-refractivity contribution >= 4 is 22.8 Å². The van der Waals surface area contributed by atoms with Gasteiger partial charge in [0, 0.05) is 6.42 Å². The maximum absolute atomic E-state index is 12.1. The molecule has 0 saturated carbocycles. The van der Waals surface area contributed by atoms with Gasteiger partial charge in [0.1, 0.15) is 6.61 Å². The molecule has 122 valence electrons. The minimum absolute atomic E-state index is 0.0585.